The third kappa shape index (κ3) is 2.72. The summed E-state index contributed by atoms with van der Waals surface area (Å²) in [7, 11) is 0. The number of hydrogen-bond donors (Lipinski definition) is 0. The van der Waals surface area contributed by atoms with Crippen LogP contribution in [0.15, 0.2) is 10.5 Å². The number of rotatable bonds is 2. The Hall–Kier alpha value is -0.960. The van der Waals surface area contributed by atoms with Crippen LogP contribution < -0.4 is 0 Å². The molecule has 0 saturated carbocycles. The van der Waals surface area contributed by atoms with E-state index in [1.165, 1.54) is 0 Å². The zero-order valence-electron chi connectivity index (χ0n) is 11.2. The fourth-order valence-electron chi connectivity index (χ4n) is 2.58. The lowest BCUT2D eigenvalue weighted by molar-refractivity contribution is 0.0688. The van der Waals surface area contributed by atoms with Gasteiger partial charge < -0.3 is 9.32 Å². The van der Waals surface area contributed by atoms with Crippen LogP contribution in [0.5, 0.6) is 0 Å². The molecule has 100 valence electrons. The molecule has 1 aliphatic rings. The summed E-state index contributed by atoms with van der Waals surface area (Å²) >= 11 is 6.11. The van der Waals surface area contributed by atoms with Crippen molar-refractivity contribution in [3.8, 4) is 0 Å². The second-order valence-corrected chi connectivity index (χ2v) is 5.82. The van der Waals surface area contributed by atoms with Crippen LogP contribution in [-0.2, 0) is 0 Å². The molecule has 1 aromatic rings. The van der Waals surface area contributed by atoms with Gasteiger partial charge in [-0.15, -0.1) is 11.6 Å². The summed E-state index contributed by atoms with van der Waals surface area (Å²) in [6, 6.07) is 1.83. The lowest BCUT2D eigenvalue weighted by atomic mass is 9.93. The first-order chi connectivity index (χ1) is 8.49. The molecule has 1 atom stereocenters. The van der Waals surface area contributed by atoms with Crippen LogP contribution in [0.1, 0.15) is 41.6 Å². The van der Waals surface area contributed by atoms with Crippen LogP contribution in [0, 0.1) is 19.8 Å². The maximum Gasteiger partial charge on any atom is 0.257 e. The first kappa shape index (κ1) is 13.5. The average molecular weight is 270 g/mol. The fourth-order valence-corrected chi connectivity index (χ4v) is 2.83. The van der Waals surface area contributed by atoms with Crippen molar-refractivity contribution in [1.29, 1.82) is 0 Å². The molecule has 0 bridgehead atoms. The Morgan fingerprint density at radius 3 is 2.50 bits per heavy atom. The second-order valence-electron chi connectivity index (χ2n) is 5.13. The van der Waals surface area contributed by atoms with Gasteiger partial charge in [-0.3, -0.25) is 4.79 Å². The van der Waals surface area contributed by atoms with Gasteiger partial charge in [0.05, 0.1) is 5.56 Å². The normalized spacial score (nSPS) is 19.0. The Bertz CT molecular complexity index is 431. The van der Waals surface area contributed by atoms with E-state index in [9.17, 15) is 4.79 Å². The molecule has 18 heavy (non-hydrogen) atoms. The number of carbonyl (C=O) groups excluding carboxylic acids is 1. The van der Waals surface area contributed by atoms with E-state index in [1.54, 1.807) is 0 Å². The highest BCUT2D eigenvalue weighted by Gasteiger charge is 2.27. The number of halogens is 1. The Morgan fingerprint density at radius 2 is 2.06 bits per heavy atom. The highest BCUT2D eigenvalue weighted by atomic mass is 35.5. The molecule has 3 nitrogen and oxygen atoms in total. The second kappa shape index (κ2) is 5.35. The molecule has 1 unspecified atom stereocenters. The number of furan rings is 1. The van der Waals surface area contributed by atoms with Gasteiger partial charge in [-0.2, -0.15) is 0 Å². The zero-order valence-corrected chi connectivity index (χ0v) is 12.0. The third-order valence-corrected chi connectivity index (χ3v) is 4.10. The van der Waals surface area contributed by atoms with Crippen molar-refractivity contribution in [1.82, 2.24) is 4.90 Å². The van der Waals surface area contributed by atoms with Crippen molar-refractivity contribution >= 4 is 17.5 Å². The molecule has 1 aliphatic heterocycles. The molecule has 0 aliphatic carbocycles. The van der Waals surface area contributed by atoms with Gasteiger partial charge >= 0.3 is 0 Å². The number of piperidine rings is 1. The highest BCUT2D eigenvalue weighted by molar-refractivity contribution is 6.20. The van der Waals surface area contributed by atoms with Gasteiger partial charge in [-0.1, -0.05) is 0 Å². The molecule has 0 aromatic carbocycles. The summed E-state index contributed by atoms with van der Waals surface area (Å²) in [4.78, 5) is 14.3. The Balaban J connectivity index is 2.02. The summed E-state index contributed by atoms with van der Waals surface area (Å²) < 4.78 is 5.42. The van der Waals surface area contributed by atoms with Crippen molar-refractivity contribution in [2.24, 2.45) is 5.92 Å². The lowest BCUT2D eigenvalue weighted by Gasteiger charge is -2.33. The minimum absolute atomic E-state index is 0.0880. The zero-order chi connectivity index (χ0) is 13.3. The van der Waals surface area contributed by atoms with Crippen LogP contribution >= 0.6 is 11.6 Å². The van der Waals surface area contributed by atoms with E-state index >= 15 is 0 Å². The molecule has 0 N–H and O–H groups in total. The summed E-state index contributed by atoms with van der Waals surface area (Å²) in [6.45, 7) is 7.33. The fraction of sp³-hybridized carbons (Fsp3) is 0.643. The van der Waals surface area contributed by atoms with Crippen LogP contribution in [0.3, 0.4) is 0 Å². The molecule has 1 fully saturated rings. The maximum atomic E-state index is 12.3. The molecular weight excluding hydrogens is 250 g/mol. The maximum absolute atomic E-state index is 12.3. The summed E-state index contributed by atoms with van der Waals surface area (Å²) in [5.41, 5.74) is 0.699. The Kier molecular flexibility index (Phi) is 4.00. The topological polar surface area (TPSA) is 33.5 Å². The van der Waals surface area contributed by atoms with Crippen molar-refractivity contribution < 1.29 is 9.21 Å². The largest absolute Gasteiger partial charge is 0.466 e. The minimum Gasteiger partial charge on any atom is -0.466 e. The SMILES string of the molecule is Cc1cc(C(=O)N2CCC(C(C)Cl)CC2)c(C)o1. The van der Waals surface area contributed by atoms with E-state index in [0.29, 0.717) is 17.2 Å². The quantitative estimate of drug-likeness (QED) is 0.771. The molecule has 2 rings (SSSR count). The number of likely N-dealkylation sites (tertiary alicyclic amines) is 1. The molecule has 1 amide bonds. The Morgan fingerprint density at radius 1 is 1.44 bits per heavy atom. The average Bonchev–Trinajstić information content (AvgIpc) is 2.67. The summed E-state index contributed by atoms with van der Waals surface area (Å²) in [5.74, 6) is 2.12. The predicted molar refractivity (Wildman–Crippen MR) is 72.1 cm³/mol. The van der Waals surface area contributed by atoms with Gasteiger partial charge in [0, 0.05) is 18.5 Å². The summed E-state index contributed by atoms with van der Waals surface area (Å²) in [5, 5.41) is 0.195. The smallest absolute Gasteiger partial charge is 0.257 e. The molecule has 2 heterocycles. The number of aryl methyl sites for hydroxylation is 2. The third-order valence-electron chi connectivity index (χ3n) is 3.75. The van der Waals surface area contributed by atoms with Crippen LogP contribution in [0.25, 0.3) is 0 Å². The number of carbonyl (C=O) groups is 1. The van der Waals surface area contributed by atoms with E-state index in [4.69, 9.17) is 16.0 Å². The molecular formula is C14H20ClNO2. The van der Waals surface area contributed by atoms with E-state index in [-0.39, 0.29) is 11.3 Å². The van der Waals surface area contributed by atoms with E-state index in [2.05, 4.69) is 0 Å². The minimum atomic E-state index is 0.0880. The predicted octanol–water partition coefficient (Wildman–Crippen LogP) is 3.38. The van der Waals surface area contributed by atoms with Crippen LogP contribution in [-0.4, -0.2) is 29.3 Å². The van der Waals surface area contributed by atoms with Crippen LogP contribution in [0.2, 0.25) is 0 Å². The van der Waals surface area contributed by atoms with Crippen LogP contribution in [0.4, 0.5) is 0 Å². The number of alkyl halides is 1. The molecule has 1 saturated heterocycles. The van der Waals surface area contributed by atoms with Crippen molar-refractivity contribution in [3.05, 3.63) is 23.2 Å². The molecule has 0 spiro atoms. The first-order valence-corrected chi connectivity index (χ1v) is 6.93. The van der Waals surface area contributed by atoms with Gasteiger partial charge in [-0.25, -0.2) is 0 Å². The lowest BCUT2D eigenvalue weighted by Crippen LogP contribution is -2.40. The summed E-state index contributed by atoms with van der Waals surface area (Å²) in [6.07, 6.45) is 1.98. The van der Waals surface area contributed by atoms with E-state index in [1.807, 2.05) is 31.7 Å². The number of nitrogens with zero attached hydrogens (tertiary/aromatic N) is 1. The molecule has 4 heteroatoms. The standard InChI is InChI=1S/C14H20ClNO2/c1-9-8-13(11(3)18-9)14(17)16-6-4-12(5-7-16)10(2)15/h8,10,12H,4-7H2,1-3H3. The van der Waals surface area contributed by atoms with E-state index < -0.39 is 0 Å². The monoisotopic (exact) mass is 269 g/mol. The van der Waals surface area contributed by atoms with Gasteiger partial charge in [0.1, 0.15) is 11.5 Å². The van der Waals surface area contributed by atoms with Gasteiger partial charge in [0.2, 0.25) is 0 Å². The number of amides is 1. The molecule has 0 radical (unpaired) electrons. The van der Waals surface area contributed by atoms with Gasteiger partial charge in [0.15, 0.2) is 0 Å². The van der Waals surface area contributed by atoms with Gasteiger partial charge in [-0.05, 0) is 45.6 Å². The van der Waals surface area contributed by atoms with Crippen molar-refractivity contribution in [2.75, 3.05) is 13.1 Å². The molecule has 1 aromatic heterocycles. The Labute approximate surface area is 113 Å². The van der Waals surface area contributed by atoms with Crippen molar-refractivity contribution in [2.45, 2.75) is 39.0 Å². The highest BCUT2D eigenvalue weighted by Crippen LogP contribution is 2.25. The van der Waals surface area contributed by atoms with Gasteiger partial charge in [0.25, 0.3) is 5.91 Å². The van der Waals surface area contributed by atoms with E-state index in [0.717, 1.165) is 31.7 Å². The number of hydrogen-bond acceptors (Lipinski definition) is 2. The first-order valence-electron chi connectivity index (χ1n) is 6.49. The van der Waals surface area contributed by atoms with Crippen molar-refractivity contribution in [3.63, 3.8) is 0 Å².